The molecule has 4 aliphatic carbocycles. The van der Waals surface area contributed by atoms with Crippen molar-refractivity contribution in [1.29, 1.82) is 5.26 Å². The van der Waals surface area contributed by atoms with Gasteiger partial charge in [0.15, 0.2) is 5.69 Å². The molecular weight excluding hydrogens is 246 g/mol. The average molecular weight is 269 g/mol. The third-order valence-electron chi connectivity index (χ3n) is 5.94. The van der Waals surface area contributed by atoms with Gasteiger partial charge in [0.2, 0.25) is 0 Å². The van der Waals surface area contributed by atoms with Gasteiger partial charge in [-0.2, -0.15) is 10.4 Å². The number of hydrogen-bond acceptors (Lipinski definition) is 2. The minimum atomic E-state index is 0.351. The molecule has 0 atom stereocenters. The van der Waals surface area contributed by atoms with E-state index in [4.69, 9.17) is 0 Å². The molecule has 0 saturated heterocycles. The van der Waals surface area contributed by atoms with E-state index < -0.39 is 0 Å². The molecule has 0 unspecified atom stereocenters. The zero-order chi connectivity index (χ0) is 13.9. The Balaban J connectivity index is 1.74. The lowest BCUT2D eigenvalue weighted by Crippen LogP contribution is -2.44. The molecule has 3 heteroatoms. The van der Waals surface area contributed by atoms with Crippen molar-refractivity contribution in [3.63, 3.8) is 0 Å². The Morgan fingerprint density at radius 2 is 1.75 bits per heavy atom. The van der Waals surface area contributed by atoms with Crippen LogP contribution in [0.1, 0.15) is 69.3 Å². The Bertz CT molecular complexity index is 535. The first-order chi connectivity index (χ1) is 9.65. The summed E-state index contributed by atoms with van der Waals surface area (Å²) < 4.78 is 2.13. The van der Waals surface area contributed by atoms with Crippen molar-refractivity contribution in [1.82, 2.24) is 9.78 Å². The second-order valence-corrected chi connectivity index (χ2v) is 7.56. The molecule has 3 nitrogen and oxygen atoms in total. The fraction of sp³-hybridized carbons (Fsp3) is 0.765. The second-order valence-electron chi connectivity index (χ2n) is 7.56. The third kappa shape index (κ3) is 1.74. The molecule has 4 fully saturated rings. The molecule has 20 heavy (non-hydrogen) atoms. The SMILES string of the molecule is CC(C)n1nc(C#N)cc1C1C2CC3CC(C2)CC1C3. The molecule has 1 aromatic heterocycles. The molecule has 4 aliphatic rings. The van der Waals surface area contributed by atoms with Crippen LogP contribution in [0.3, 0.4) is 0 Å². The summed E-state index contributed by atoms with van der Waals surface area (Å²) in [5.74, 6) is 4.37. The van der Waals surface area contributed by atoms with E-state index in [1.165, 1.54) is 37.8 Å². The van der Waals surface area contributed by atoms with Crippen molar-refractivity contribution in [2.75, 3.05) is 0 Å². The van der Waals surface area contributed by atoms with Crippen LogP contribution in [0.5, 0.6) is 0 Å². The van der Waals surface area contributed by atoms with Crippen molar-refractivity contribution >= 4 is 0 Å². The molecule has 4 bridgehead atoms. The Morgan fingerprint density at radius 1 is 1.15 bits per heavy atom. The highest BCUT2D eigenvalue weighted by atomic mass is 15.3. The molecule has 0 N–H and O–H groups in total. The van der Waals surface area contributed by atoms with Gasteiger partial charge in [0, 0.05) is 17.7 Å². The first-order valence-electron chi connectivity index (χ1n) is 8.15. The van der Waals surface area contributed by atoms with E-state index in [1.807, 2.05) is 0 Å². The number of hydrogen-bond donors (Lipinski definition) is 0. The summed E-state index contributed by atoms with van der Waals surface area (Å²) in [4.78, 5) is 0. The van der Waals surface area contributed by atoms with Crippen molar-refractivity contribution < 1.29 is 0 Å². The lowest BCUT2D eigenvalue weighted by molar-refractivity contribution is -0.00593. The van der Waals surface area contributed by atoms with Crippen molar-refractivity contribution in [2.45, 2.75) is 57.9 Å². The number of rotatable bonds is 2. The minimum Gasteiger partial charge on any atom is -0.265 e. The number of aromatic nitrogens is 2. The zero-order valence-electron chi connectivity index (χ0n) is 12.4. The highest BCUT2D eigenvalue weighted by Gasteiger charge is 2.49. The van der Waals surface area contributed by atoms with Crippen LogP contribution in [-0.4, -0.2) is 9.78 Å². The Hall–Kier alpha value is -1.30. The van der Waals surface area contributed by atoms with Crippen LogP contribution in [0.15, 0.2) is 6.07 Å². The maximum Gasteiger partial charge on any atom is 0.162 e. The van der Waals surface area contributed by atoms with E-state index in [9.17, 15) is 5.26 Å². The summed E-state index contributed by atoms with van der Waals surface area (Å²) in [6, 6.07) is 4.66. The molecule has 106 valence electrons. The Labute approximate surface area is 121 Å². The van der Waals surface area contributed by atoms with Gasteiger partial charge in [0.05, 0.1) is 0 Å². The van der Waals surface area contributed by atoms with Gasteiger partial charge >= 0.3 is 0 Å². The highest BCUT2D eigenvalue weighted by Crippen LogP contribution is 2.59. The molecule has 0 aromatic carbocycles. The first-order valence-corrected chi connectivity index (χ1v) is 8.15. The standard InChI is InChI=1S/C17H23N3/c1-10(2)20-16(8-15(9-18)19-20)17-13-4-11-3-12(6-13)7-14(17)5-11/h8,10-14,17H,3-7H2,1-2H3. The van der Waals surface area contributed by atoms with Gasteiger partial charge < -0.3 is 0 Å². The lowest BCUT2D eigenvalue weighted by Gasteiger charge is -2.54. The molecule has 5 rings (SSSR count). The summed E-state index contributed by atoms with van der Waals surface area (Å²) in [6.45, 7) is 4.35. The predicted octanol–water partition coefficient (Wildman–Crippen LogP) is 3.88. The van der Waals surface area contributed by atoms with E-state index in [2.05, 4.69) is 35.8 Å². The van der Waals surface area contributed by atoms with Crippen LogP contribution in [-0.2, 0) is 0 Å². The fourth-order valence-corrected chi connectivity index (χ4v) is 5.53. The van der Waals surface area contributed by atoms with E-state index >= 15 is 0 Å². The molecule has 0 radical (unpaired) electrons. The van der Waals surface area contributed by atoms with Crippen LogP contribution >= 0.6 is 0 Å². The summed E-state index contributed by atoms with van der Waals surface area (Å²) >= 11 is 0. The van der Waals surface area contributed by atoms with Gasteiger partial charge in [-0.25, -0.2) is 0 Å². The molecule has 0 amide bonds. The maximum atomic E-state index is 9.18. The van der Waals surface area contributed by atoms with E-state index in [0.29, 0.717) is 17.7 Å². The van der Waals surface area contributed by atoms with Gasteiger partial charge in [-0.05, 0) is 75.7 Å². The fourth-order valence-electron chi connectivity index (χ4n) is 5.53. The number of nitrogens with zero attached hydrogens (tertiary/aromatic N) is 3. The summed E-state index contributed by atoms with van der Waals surface area (Å²) in [5.41, 5.74) is 1.95. The smallest absolute Gasteiger partial charge is 0.162 e. The normalized spacial score (nSPS) is 38.4. The van der Waals surface area contributed by atoms with Crippen LogP contribution in [0, 0.1) is 35.0 Å². The minimum absolute atomic E-state index is 0.351. The molecule has 0 aliphatic heterocycles. The van der Waals surface area contributed by atoms with Crippen LogP contribution in [0.25, 0.3) is 0 Å². The van der Waals surface area contributed by atoms with Crippen LogP contribution < -0.4 is 0 Å². The third-order valence-corrected chi connectivity index (χ3v) is 5.94. The van der Waals surface area contributed by atoms with E-state index in [1.54, 1.807) is 0 Å². The van der Waals surface area contributed by atoms with Crippen molar-refractivity contribution in [3.05, 3.63) is 17.5 Å². The quantitative estimate of drug-likeness (QED) is 0.817. The average Bonchev–Trinajstić information content (AvgIpc) is 2.81. The van der Waals surface area contributed by atoms with E-state index in [-0.39, 0.29) is 0 Å². The predicted molar refractivity (Wildman–Crippen MR) is 77.1 cm³/mol. The first kappa shape index (κ1) is 12.4. The summed E-state index contributed by atoms with van der Waals surface area (Å²) in [7, 11) is 0. The highest BCUT2D eigenvalue weighted by molar-refractivity contribution is 5.27. The largest absolute Gasteiger partial charge is 0.265 e. The van der Waals surface area contributed by atoms with Crippen molar-refractivity contribution in [3.8, 4) is 6.07 Å². The van der Waals surface area contributed by atoms with Gasteiger partial charge in [0.25, 0.3) is 0 Å². The van der Waals surface area contributed by atoms with Crippen LogP contribution in [0.4, 0.5) is 0 Å². The zero-order valence-corrected chi connectivity index (χ0v) is 12.4. The van der Waals surface area contributed by atoms with Gasteiger partial charge in [-0.3, -0.25) is 4.68 Å². The lowest BCUT2D eigenvalue weighted by atomic mass is 9.51. The molecular formula is C17H23N3. The van der Waals surface area contributed by atoms with Crippen LogP contribution in [0.2, 0.25) is 0 Å². The van der Waals surface area contributed by atoms with Gasteiger partial charge in [-0.1, -0.05) is 0 Å². The van der Waals surface area contributed by atoms with Gasteiger partial charge in [-0.15, -0.1) is 0 Å². The number of nitriles is 1. The monoisotopic (exact) mass is 269 g/mol. The molecule has 0 spiro atoms. The Morgan fingerprint density at radius 3 is 2.25 bits per heavy atom. The summed E-state index contributed by atoms with van der Waals surface area (Å²) in [6.07, 6.45) is 7.17. The molecule has 4 saturated carbocycles. The molecule has 1 aromatic rings. The maximum absolute atomic E-state index is 9.18. The van der Waals surface area contributed by atoms with Crippen molar-refractivity contribution in [2.24, 2.45) is 23.7 Å². The van der Waals surface area contributed by atoms with E-state index in [0.717, 1.165) is 23.7 Å². The topological polar surface area (TPSA) is 41.6 Å². The molecule has 1 heterocycles. The second kappa shape index (κ2) is 4.35. The van der Waals surface area contributed by atoms with Gasteiger partial charge in [0.1, 0.15) is 6.07 Å². The Kier molecular flexibility index (Phi) is 2.70. The summed E-state index contributed by atoms with van der Waals surface area (Å²) in [5, 5.41) is 13.7.